The fourth-order valence-corrected chi connectivity index (χ4v) is 3.82. The Balaban J connectivity index is 1.30. The Kier molecular flexibility index (Phi) is 5.10. The van der Waals surface area contributed by atoms with Crippen LogP contribution in [0.15, 0.2) is 48.5 Å². The first kappa shape index (κ1) is 18.2. The van der Waals surface area contributed by atoms with E-state index in [4.69, 9.17) is 0 Å². The first-order valence-electron chi connectivity index (χ1n) is 9.69. The maximum Gasteiger partial charge on any atom is 0.227 e. The zero-order chi connectivity index (χ0) is 19.5. The van der Waals surface area contributed by atoms with Crippen LogP contribution in [0.1, 0.15) is 31.2 Å². The highest BCUT2D eigenvalue weighted by Crippen LogP contribution is 2.28. The van der Waals surface area contributed by atoms with Crippen molar-refractivity contribution in [3.05, 3.63) is 54.1 Å². The molecule has 0 aromatic heterocycles. The Morgan fingerprint density at radius 1 is 1.11 bits per heavy atom. The fraction of sp³-hybridized carbons (Fsp3) is 0.318. The van der Waals surface area contributed by atoms with Gasteiger partial charge in [-0.3, -0.25) is 14.4 Å². The van der Waals surface area contributed by atoms with Gasteiger partial charge in [-0.05, 0) is 55.2 Å². The molecule has 28 heavy (non-hydrogen) atoms. The molecule has 4 rings (SSSR count). The van der Waals surface area contributed by atoms with Crippen molar-refractivity contribution in [1.29, 1.82) is 0 Å². The van der Waals surface area contributed by atoms with Gasteiger partial charge in [-0.15, -0.1) is 0 Å². The fourth-order valence-electron chi connectivity index (χ4n) is 3.82. The molecule has 0 aliphatic carbocycles. The van der Waals surface area contributed by atoms with E-state index in [-0.39, 0.29) is 30.1 Å². The van der Waals surface area contributed by atoms with Gasteiger partial charge in [0, 0.05) is 42.4 Å². The highest BCUT2D eigenvalue weighted by molar-refractivity contribution is 5.97. The van der Waals surface area contributed by atoms with E-state index in [2.05, 4.69) is 10.6 Å². The van der Waals surface area contributed by atoms with Crippen LogP contribution in [-0.2, 0) is 20.8 Å². The lowest BCUT2D eigenvalue weighted by Crippen LogP contribution is -2.30. The number of anilines is 3. The van der Waals surface area contributed by atoms with Gasteiger partial charge in [-0.1, -0.05) is 18.2 Å². The summed E-state index contributed by atoms with van der Waals surface area (Å²) < 4.78 is 0. The number of nitrogens with zero attached hydrogens (tertiary/aromatic N) is 1. The van der Waals surface area contributed by atoms with E-state index >= 15 is 0 Å². The van der Waals surface area contributed by atoms with E-state index in [1.165, 1.54) is 0 Å². The summed E-state index contributed by atoms with van der Waals surface area (Å²) in [7, 11) is 0. The molecule has 1 saturated heterocycles. The van der Waals surface area contributed by atoms with Crippen LogP contribution in [0.2, 0.25) is 0 Å². The number of fused-ring (bicyclic) bond motifs is 1. The summed E-state index contributed by atoms with van der Waals surface area (Å²) in [6.45, 7) is 0.747. The van der Waals surface area contributed by atoms with Crippen molar-refractivity contribution in [1.82, 2.24) is 0 Å². The van der Waals surface area contributed by atoms with Gasteiger partial charge in [-0.2, -0.15) is 0 Å². The number of hydrogen-bond donors (Lipinski definition) is 2. The molecule has 2 aromatic rings. The molecule has 0 spiro atoms. The van der Waals surface area contributed by atoms with Crippen LogP contribution in [0.25, 0.3) is 0 Å². The lowest BCUT2D eigenvalue weighted by Gasteiger charge is -2.24. The summed E-state index contributed by atoms with van der Waals surface area (Å²) >= 11 is 0. The van der Waals surface area contributed by atoms with E-state index in [1.54, 1.807) is 4.90 Å². The maximum atomic E-state index is 12.3. The molecular weight excluding hydrogens is 354 g/mol. The highest BCUT2D eigenvalue weighted by atomic mass is 16.2. The number of para-hydroxylation sites is 1. The predicted octanol–water partition coefficient (Wildman–Crippen LogP) is 3.34. The lowest BCUT2D eigenvalue weighted by molar-refractivity contribution is -0.121. The summed E-state index contributed by atoms with van der Waals surface area (Å²) in [6, 6.07) is 15.1. The molecule has 0 saturated carbocycles. The van der Waals surface area contributed by atoms with Crippen LogP contribution in [-0.4, -0.2) is 24.3 Å². The van der Waals surface area contributed by atoms with Crippen LogP contribution in [0.3, 0.4) is 0 Å². The Bertz CT molecular complexity index is 907. The molecule has 6 heteroatoms. The van der Waals surface area contributed by atoms with Gasteiger partial charge < -0.3 is 15.5 Å². The molecule has 0 radical (unpaired) electrons. The SMILES string of the molecule is O=C(CCC1Cc2ccccc2NC1=O)Nc1ccc(N2CCCC2=O)cc1. The van der Waals surface area contributed by atoms with E-state index in [0.29, 0.717) is 24.9 Å². The van der Waals surface area contributed by atoms with Crippen molar-refractivity contribution in [3.8, 4) is 0 Å². The van der Waals surface area contributed by atoms with Crippen molar-refractivity contribution in [3.63, 3.8) is 0 Å². The third-order valence-electron chi connectivity index (χ3n) is 5.37. The minimum atomic E-state index is -0.191. The highest BCUT2D eigenvalue weighted by Gasteiger charge is 2.26. The molecule has 3 amide bonds. The summed E-state index contributed by atoms with van der Waals surface area (Å²) in [5.41, 5.74) is 3.53. The first-order valence-corrected chi connectivity index (χ1v) is 9.69. The molecule has 1 fully saturated rings. The van der Waals surface area contributed by atoms with Gasteiger partial charge in [0.15, 0.2) is 0 Å². The summed E-state index contributed by atoms with van der Waals surface area (Å²) in [5, 5.41) is 5.79. The molecule has 2 aliphatic heterocycles. The van der Waals surface area contributed by atoms with Gasteiger partial charge in [0.1, 0.15) is 0 Å². The lowest BCUT2D eigenvalue weighted by atomic mass is 9.89. The smallest absolute Gasteiger partial charge is 0.227 e. The van der Waals surface area contributed by atoms with Crippen LogP contribution in [0.5, 0.6) is 0 Å². The van der Waals surface area contributed by atoms with Crippen LogP contribution in [0, 0.1) is 5.92 Å². The van der Waals surface area contributed by atoms with E-state index < -0.39 is 0 Å². The van der Waals surface area contributed by atoms with Gasteiger partial charge in [0.05, 0.1) is 0 Å². The zero-order valence-electron chi connectivity index (χ0n) is 15.6. The first-order chi connectivity index (χ1) is 13.6. The molecular formula is C22H23N3O3. The Hall–Kier alpha value is -3.15. The van der Waals surface area contributed by atoms with Crippen LogP contribution < -0.4 is 15.5 Å². The molecule has 1 atom stereocenters. The predicted molar refractivity (Wildman–Crippen MR) is 108 cm³/mol. The third kappa shape index (κ3) is 3.91. The number of carbonyl (C=O) groups is 3. The molecule has 1 unspecified atom stereocenters. The summed E-state index contributed by atoms with van der Waals surface area (Å²) in [6.07, 6.45) is 2.93. The second-order valence-electron chi connectivity index (χ2n) is 7.33. The Morgan fingerprint density at radius 3 is 2.64 bits per heavy atom. The molecule has 2 aromatic carbocycles. The number of rotatable bonds is 5. The standard InChI is InChI=1S/C22H23N3O3/c26-20(12-7-16-14-15-4-1-2-5-19(15)24-22(16)28)23-17-8-10-18(11-9-17)25-13-3-6-21(25)27/h1-2,4-5,8-11,16H,3,6-7,12-14H2,(H,23,26)(H,24,28). The van der Waals surface area contributed by atoms with Gasteiger partial charge >= 0.3 is 0 Å². The zero-order valence-corrected chi connectivity index (χ0v) is 15.6. The van der Waals surface area contributed by atoms with Crippen LogP contribution in [0.4, 0.5) is 17.1 Å². The van der Waals surface area contributed by atoms with Gasteiger partial charge in [0.2, 0.25) is 17.7 Å². The maximum absolute atomic E-state index is 12.3. The van der Waals surface area contributed by atoms with E-state index in [1.807, 2.05) is 48.5 Å². The minimum absolute atomic E-state index is 0.0221. The molecule has 2 N–H and O–H groups in total. The van der Waals surface area contributed by atoms with E-state index in [0.717, 1.165) is 29.9 Å². The Morgan fingerprint density at radius 2 is 1.89 bits per heavy atom. The summed E-state index contributed by atoms with van der Waals surface area (Å²) in [5.74, 6) is -0.184. The largest absolute Gasteiger partial charge is 0.326 e. The topological polar surface area (TPSA) is 78.5 Å². The normalized spacial score (nSPS) is 18.6. The van der Waals surface area contributed by atoms with E-state index in [9.17, 15) is 14.4 Å². The number of hydrogen-bond acceptors (Lipinski definition) is 3. The molecule has 2 heterocycles. The Labute approximate surface area is 163 Å². The average molecular weight is 377 g/mol. The van der Waals surface area contributed by atoms with Crippen molar-refractivity contribution in [2.45, 2.75) is 32.1 Å². The van der Waals surface area contributed by atoms with Gasteiger partial charge in [-0.25, -0.2) is 0 Å². The number of amides is 3. The van der Waals surface area contributed by atoms with Crippen molar-refractivity contribution in [2.75, 3.05) is 22.1 Å². The minimum Gasteiger partial charge on any atom is -0.326 e. The quantitative estimate of drug-likeness (QED) is 0.839. The van der Waals surface area contributed by atoms with Crippen LogP contribution >= 0.6 is 0 Å². The molecule has 144 valence electrons. The van der Waals surface area contributed by atoms with Crippen molar-refractivity contribution >= 4 is 34.8 Å². The van der Waals surface area contributed by atoms with Crippen molar-refractivity contribution in [2.24, 2.45) is 5.92 Å². The van der Waals surface area contributed by atoms with Crippen molar-refractivity contribution < 1.29 is 14.4 Å². The second-order valence-corrected chi connectivity index (χ2v) is 7.33. The molecule has 6 nitrogen and oxygen atoms in total. The number of nitrogens with one attached hydrogen (secondary N) is 2. The monoisotopic (exact) mass is 377 g/mol. The number of benzene rings is 2. The second kappa shape index (κ2) is 7.84. The molecule has 2 aliphatic rings. The van der Waals surface area contributed by atoms with Gasteiger partial charge in [0.25, 0.3) is 0 Å². The average Bonchev–Trinajstić information content (AvgIpc) is 3.13. The molecule has 0 bridgehead atoms. The summed E-state index contributed by atoms with van der Waals surface area (Å²) in [4.78, 5) is 38.1. The number of carbonyl (C=O) groups excluding carboxylic acids is 3. The third-order valence-corrected chi connectivity index (χ3v) is 5.37.